The highest BCUT2D eigenvalue weighted by Crippen LogP contribution is 2.33. The molecule has 5 nitrogen and oxygen atoms in total. The van der Waals surface area contributed by atoms with Gasteiger partial charge in [0.2, 0.25) is 0 Å². The summed E-state index contributed by atoms with van der Waals surface area (Å²) in [4.78, 5) is 11.8. The van der Waals surface area contributed by atoms with E-state index in [2.05, 4.69) is 10.6 Å². The number of urea groups is 1. The predicted octanol–water partition coefficient (Wildman–Crippen LogP) is 3.50. The number of halogens is 3. The fourth-order valence-corrected chi connectivity index (χ4v) is 2.32. The lowest BCUT2D eigenvalue weighted by Gasteiger charge is -2.26. The van der Waals surface area contributed by atoms with E-state index in [0.29, 0.717) is 6.42 Å². The molecule has 0 aliphatic heterocycles. The quantitative estimate of drug-likeness (QED) is 0.765. The lowest BCUT2D eigenvalue weighted by molar-refractivity contribution is -0.137. The number of nitrogens with one attached hydrogen (secondary N) is 2. The number of amides is 2. The van der Waals surface area contributed by atoms with Crippen molar-refractivity contribution in [3.05, 3.63) is 29.3 Å². The van der Waals surface area contributed by atoms with Crippen molar-refractivity contribution in [3.63, 3.8) is 0 Å². The summed E-state index contributed by atoms with van der Waals surface area (Å²) in [6, 6.07) is 3.77. The molecule has 0 saturated heterocycles. The van der Waals surface area contributed by atoms with Gasteiger partial charge in [-0.1, -0.05) is 13.8 Å². The van der Waals surface area contributed by atoms with Crippen molar-refractivity contribution in [1.29, 1.82) is 5.26 Å². The lowest BCUT2D eigenvalue weighted by atomic mass is 9.87. The first-order chi connectivity index (χ1) is 10.9. The first kappa shape index (κ1) is 19.8. The molecule has 1 aromatic carbocycles. The van der Waals surface area contributed by atoms with Crippen molar-refractivity contribution in [3.8, 4) is 6.07 Å². The van der Waals surface area contributed by atoms with E-state index in [4.69, 9.17) is 5.26 Å². The Morgan fingerprint density at radius 1 is 1.38 bits per heavy atom. The first-order valence-corrected chi connectivity index (χ1v) is 7.29. The van der Waals surface area contributed by atoms with Crippen LogP contribution in [-0.2, 0) is 6.18 Å². The molecule has 2 amide bonds. The monoisotopic (exact) mass is 343 g/mol. The summed E-state index contributed by atoms with van der Waals surface area (Å²) in [5.41, 5.74) is -2.04. The highest BCUT2D eigenvalue weighted by Gasteiger charge is 2.34. The third-order valence-corrected chi connectivity index (χ3v) is 3.28. The molecular weight excluding hydrogens is 323 g/mol. The van der Waals surface area contributed by atoms with Gasteiger partial charge in [0.1, 0.15) is 0 Å². The van der Waals surface area contributed by atoms with Crippen LogP contribution in [0.3, 0.4) is 0 Å². The molecule has 0 bridgehead atoms. The molecule has 0 fully saturated rings. The van der Waals surface area contributed by atoms with Crippen molar-refractivity contribution >= 4 is 11.7 Å². The standard InChI is InChI=1S/C16H20F3N3O2/c1-10(23)7-15(2,3)9-21-14(24)22-12-5-4-11(8-20)13(6-12)16(17,18)19/h4-6,10,23H,7,9H2,1-3H3,(H2,21,22,24). The summed E-state index contributed by atoms with van der Waals surface area (Å²) < 4.78 is 38.6. The van der Waals surface area contributed by atoms with Crippen molar-refractivity contribution in [1.82, 2.24) is 5.32 Å². The van der Waals surface area contributed by atoms with Gasteiger partial charge in [-0.3, -0.25) is 0 Å². The van der Waals surface area contributed by atoms with Gasteiger partial charge >= 0.3 is 12.2 Å². The summed E-state index contributed by atoms with van der Waals surface area (Å²) in [5.74, 6) is 0. The number of alkyl halides is 3. The highest BCUT2D eigenvalue weighted by atomic mass is 19.4. The zero-order valence-corrected chi connectivity index (χ0v) is 13.7. The smallest absolute Gasteiger partial charge is 0.393 e. The lowest BCUT2D eigenvalue weighted by Crippen LogP contribution is -2.38. The maximum absolute atomic E-state index is 12.9. The number of carbonyl (C=O) groups excluding carboxylic acids is 1. The zero-order chi connectivity index (χ0) is 18.5. The maximum Gasteiger partial charge on any atom is 0.417 e. The van der Waals surface area contributed by atoms with E-state index in [1.54, 1.807) is 6.92 Å². The normalized spacial score (nSPS) is 13.1. The molecule has 0 saturated carbocycles. The van der Waals surface area contributed by atoms with E-state index in [1.165, 1.54) is 12.1 Å². The number of hydrogen-bond donors (Lipinski definition) is 3. The molecule has 8 heteroatoms. The number of nitriles is 1. The topological polar surface area (TPSA) is 85.2 Å². The number of rotatable bonds is 5. The molecule has 0 radical (unpaired) electrons. The Kier molecular flexibility index (Phi) is 6.21. The molecule has 0 aromatic heterocycles. The van der Waals surface area contributed by atoms with Crippen LogP contribution in [0.5, 0.6) is 0 Å². The Morgan fingerprint density at radius 3 is 2.50 bits per heavy atom. The van der Waals surface area contributed by atoms with Gasteiger partial charge in [-0.2, -0.15) is 18.4 Å². The van der Waals surface area contributed by atoms with Crippen molar-refractivity contribution in [2.75, 3.05) is 11.9 Å². The van der Waals surface area contributed by atoms with E-state index in [9.17, 15) is 23.1 Å². The molecule has 0 aliphatic carbocycles. The minimum atomic E-state index is -4.68. The molecule has 1 rings (SSSR count). The Balaban J connectivity index is 2.77. The van der Waals surface area contributed by atoms with Gasteiger partial charge in [0.05, 0.1) is 23.3 Å². The van der Waals surface area contributed by atoms with Crippen LogP contribution in [0.2, 0.25) is 0 Å². The van der Waals surface area contributed by atoms with Gasteiger partial charge in [0.15, 0.2) is 0 Å². The third kappa shape index (κ3) is 6.08. The average Bonchev–Trinajstić information content (AvgIpc) is 2.43. The SMILES string of the molecule is CC(O)CC(C)(C)CNC(=O)Nc1ccc(C#N)c(C(F)(F)F)c1. The van der Waals surface area contributed by atoms with E-state index in [-0.39, 0.29) is 17.6 Å². The van der Waals surface area contributed by atoms with Crippen molar-refractivity contribution < 1.29 is 23.1 Å². The second kappa shape index (κ2) is 7.53. The number of hydrogen-bond acceptors (Lipinski definition) is 3. The van der Waals surface area contributed by atoms with Crippen LogP contribution in [0, 0.1) is 16.7 Å². The first-order valence-electron chi connectivity index (χ1n) is 7.29. The molecule has 1 unspecified atom stereocenters. The van der Waals surface area contributed by atoms with E-state index >= 15 is 0 Å². The fraction of sp³-hybridized carbons (Fsp3) is 0.500. The Bertz CT molecular complexity index is 634. The van der Waals surface area contributed by atoms with Gasteiger partial charge in [0, 0.05) is 12.2 Å². The second-order valence-electron chi connectivity index (χ2n) is 6.39. The molecule has 24 heavy (non-hydrogen) atoms. The number of anilines is 1. The van der Waals surface area contributed by atoms with Crippen LogP contribution in [0.4, 0.5) is 23.7 Å². The summed E-state index contributed by atoms with van der Waals surface area (Å²) in [5, 5.41) is 23.0. The van der Waals surface area contributed by atoms with Gasteiger partial charge in [-0.15, -0.1) is 0 Å². The number of benzene rings is 1. The molecular formula is C16H20F3N3O2. The van der Waals surface area contributed by atoms with Gasteiger partial charge in [0.25, 0.3) is 0 Å². The molecule has 1 aromatic rings. The van der Waals surface area contributed by atoms with E-state index < -0.39 is 29.4 Å². The van der Waals surface area contributed by atoms with E-state index in [0.717, 1.165) is 12.1 Å². The van der Waals surface area contributed by atoms with Gasteiger partial charge in [-0.25, -0.2) is 4.79 Å². The zero-order valence-electron chi connectivity index (χ0n) is 13.7. The van der Waals surface area contributed by atoms with Crippen molar-refractivity contribution in [2.24, 2.45) is 5.41 Å². The summed E-state index contributed by atoms with van der Waals surface area (Å²) in [6.07, 6.45) is -4.75. The van der Waals surface area contributed by atoms with Crippen LogP contribution >= 0.6 is 0 Å². The highest BCUT2D eigenvalue weighted by molar-refractivity contribution is 5.89. The molecule has 3 N–H and O–H groups in total. The largest absolute Gasteiger partial charge is 0.417 e. The maximum atomic E-state index is 12.9. The van der Waals surface area contributed by atoms with E-state index in [1.807, 2.05) is 13.8 Å². The van der Waals surface area contributed by atoms with Crippen LogP contribution in [0.25, 0.3) is 0 Å². The van der Waals surface area contributed by atoms with Crippen LogP contribution < -0.4 is 10.6 Å². The summed E-state index contributed by atoms with van der Waals surface area (Å²) >= 11 is 0. The molecule has 0 spiro atoms. The second-order valence-corrected chi connectivity index (χ2v) is 6.39. The van der Waals surface area contributed by atoms with Crippen LogP contribution in [0.1, 0.15) is 38.3 Å². The minimum absolute atomic E-state index is 0.0628. The third-order valence-electron chi connectivity index (χ3n) is 3.28. The average molecular weight is 343 g/mol. The molecule has 0 aliphatic rings. The molecule has 132 valence electrons. The number of carbonyl (C=O) groups is 1. The number of nitrogens with zero attached hydrogens (tertiary/aromatic N) is 1. The minimum Gasteiger partial charge on any atom is -0.393 e. The summed E-state index contributed by atoms with van der Waals surface area (Å²) in [6.45, 7) is 5.58. The number of aliphatic hydroxyl groups excluding tert-OH is 1. The van der Waals surface area contributed by atoms with Crippen molar-refractivity contribution in [2.45, 2.75) is 39.5 Å². The predicted molar refractivity (Wildman–Crippen MR) is 83.3 cm³/mol. The summed E-state index contributed by atoms with van der Waals surface area (Å²) in [7, 11) is 0. The van der Waals surface area contributed by atoms with Gasteiger partial charge in [-0.05, 0) is 37.0 Å². The Morgan fingerprint density at radius 2 is 2.00 bits per heavy atom. The Labute approximate surface area is 138 Å². The molecule has 0 heterocycles. The van der Waals surface area contributed by atoms with Gasteiger partial charge < -0.3 is 15.7 Å². The number of aliphatic hydroxyl groups is 1. The Hall–Kier alpha value is -2.27. The molecule has 1 atom stereocenters. The van der Waals surface area contributed by atoms with Crippen LogP contribution in [0.15, 0.2) is 18.2 Å². The van der Waals surface area contributed by atoms with Crippen LogP contribution in [-0.4, -0.2) is 23.8 Å². The fourth-order valence-electron chi connectivity index (χ4n) is 2.32.